The summed E-state index contributed by atoms with van der Waals surface area (Å²) >= 11 is 0. The molecule has 0 spiro atoms. The van der Waals surface area contributed by atoms with Crippen molar-refractivity contribution in [3.8, 4) is 11.5 Å². The number of benzene rings is 2. The number of hydrogen-bond donors (Lipinski definition) is 1. The lowest BCUT2D eigenvalue weighted by Gasteiger charge is -2.08. The van der Waals surface area contributed by atoms with Crippen molar-refractivity contribution in [2.75, 3.05) is 7.11 Å². The predicted octanol–water partition coefficient (Wildman–Crippen LogP) is 3.16. The first kappa shape index (κ1) is 15.5. The second kappa shape index (κ2) is 5.85. The second-order valence-corrected chi connectivity index (χ2v) is 5.01. The van der Waals surface area contributed by atoms with Gasteiger partial charge in [0.2, 0.25) is 5.75 Å². The zero-order valence-corrected chi connectivity index (χ0v) is 12.4. The number of methoxy groups -OCH3 is 1. The molecule has 0 fully saturated rings. The van der Waals surface area contributed by atoms with Crippen LogP contribution in [0.2, 0.25) is 0 Å². The summed E-state index contributed by atoms with van der Waals surface area (Å²) in [4.78, 5) is 22.8. The van der Waals surface area contributed by atoms with Crippen molar-refractivity contribution in [1.82, 2.24) is 0 Å². The molecule has 6 heteroatoms. The largest absolute Gasteiger partial charge is 0.500 e. The minimum absolute atomic E-state index is 0.0892. The van der Waals surface area contributed by atoms with E-state index in [-0.39, 0.29) is 17.1 Å². The van der Waals surface area contributed by atoms with Crippen LogP contribution in [0.3, 0.4) is 0 Å². The van der Waals surface area contributed by atoms with Crippen LogP contribution in [0.25, 0.3) is 0 Å². The van der Waals surface area contributed by atoms with Crippen molar-refractivity contribution in [3.05, 3.63) is 62.7 Å². The van der Waals surface area contributed by atoms with Gasteiger partial charge < -0.3 is 9.84 Å². The predicted molar refractivity (Wildman–Crippen MR) is 80.7 cm³/mol. The Morgan fingerprint density at radius 1 is 1.09 bits per heavy atom. The lowest BCUT2D eigenvalue weighted by Crippen LogP contribution is -2.04. The fourth-order valence-corrected chi connectivity index (χ4v) is 2.29. The molecule has 0 unspecified atom stereocenters. The van der Waals surface area contributed by atoms with E-state index in [1.807, 2.05) is 19.9 Å². The SMILES string of the molecule is COc1cc(C(=O)c2cc(C)cc(C)c2)cc([N+](=O)[O-])c1O. The molecular formula is C16H15NO5. The third-order valence-corrected chi connectivity index (χ3v) is 3.22. The van der Waals surface area contributed by atoms with E-state index in [0.717, 1.165) is 17.2 Å². The molecule has 114 valence electrons. The first-order chi connectivity index (χ1) is 10.3. The van der Waals surface area contributed by atoms with E-state index in [1.54, 1.807) is 12.1 Å². The van der Waals surface area contributed by atoms with E-state index in [1.165, 1.54) is 13.2 Å². The van der Waals surface area contributed by atoms with Crippen LogP contribution in [0.1, 0.15) is 27.0 Å². The molecule has 2 rings (SSSR count). The highest BCUT2D eigenvalue weighted by molar-refractivity contribution is 6.10. The minimum Gasteiger partial charge on any atom is -0.500 e. The van der Waals surface area contributed by atoms with Gasteiger partial charge in [0, 0.05) is 17.2 Å². The van der Waals surface area contributed by atoms with Crippen molar-refractivity contribution < 1.29 is 19.6 Å². The Balaban J connectivity index is 2.58. The number of phenols is 1. The highest BCUT2D eigenvalue weighted by atomic mass is 16.6. The van der Waals surface area contributed by atoms with Crippen molar-refractivity contribution in [3.63, 3.8) is 0 Å². The van der Waals surface area contributed by atoms with E-state index >= 15 is 0 Å². The Labute approximate surface area is 127 Å². The number of nitrogens with zero attached hydrogens (tertiary/aromatic N) is 1. The van der Waals surface area contributed by atoms with Crippen molar-refractivity contribution in [1.29, 1.82) is 0 Å². The van der Waals surface area contributed by atoms with Gasteiger partial charge in [0.15, 0.2) is 11.5 Å². The summed E-state index contributed by atoms with van der Waals surface area (Å²) in [5, 5.41) is 20.7. The van der Waals surface area contributed by atoms with Crippen molar-refractivity contribution in [2.45, 2.75) is 13.8 Å². The van der Waals surface area contributed by atoms with Gasteiger partial charge in [-0.1, -0.05) is 17.2 Å². The number of ether oxygens (including phenoxy) is 1. The molecule has 0 atom stereocenters. The third-order valence-electron chi connectivity index (χ3n) is 3.22. The molecule has 0 saturated carbocycles. The third kappa shape index (κ3) is 2.90. The molecule has 22 heavy (non-hydrogen) atoms. The quantitative estimate of drug-likeness (QED) is 0.532. The van der Waals surface area contributed by atoms with Gasteiger partial charge in [-0.2, -0.15) is 0 Å². The monoisotopic (exact) mass is 301 g/mol. The van der Waals surface area contributed by atoms with Crippen molar-refractivity contribution >= 4 is 11.5 Å². The summed E-state index contributed by atoms with van der Waals surface area (Å²) in [5.41, 5.74) is 1.80. The Morgan fingerprint density at radius 3 is 2.14 bits per heavy atom. The summed E-state index contributed by atoms with van der Waals surface area (Å²) in [7, 11) is 1.27. The van der Waals surface area contributed by atoms with Gasteiger partial charge in [-0.3, -0.25) is 14.9 Å². The molecule has 0 aliphatic rings. The van der Waals surface area contributed by atoms with Gasteiger partial charge in [-0.15, -0.1) is 0 Å². The fraction of sp³-hybridized carbons (Fsp3) is 0.188. The zero-order chi connectivity index (χ0) is 16.4. The lowest BCUT2D eigenvalue weighted by atomic mass is 9.98. The summed E-state index contributed by atoms with van der Waals surface area (Å²) in [5.74, 6) is -1.07. The van der Waals surface area contributed by atoms with Gasteiger partial charge in [0.05, 0.1) is 12.0 Å². The average molecular weight is 301 g/mol. The van der Waals surface area contributed by atoms with Crippen LogP contribution in [-0.2, 0) is 0 Å². The van der Waals surface area contributed by atoms with Crippen LogP contribution in [0.15, 0.2) is 30.3 Å². The molecule has 0 aromatic heterocycles. The molecule has 0 radical (unpaired) electrons. The molecule has 6 nitrogen and oxygen atoms in total. The number of carbonyl (C=O) groups is 1. The number of hydrogen-bond acceptors (Lipinski definition) is 5. The molecule has 0 heterocycles. The molecule has 0 amide bonds. The van der Waals surface area contributed by atoms with E-state index in [0.29, 0.717) is 5.56 Å². The van der Waals surface area contributed by atoms with Crippen LogP contribution in [0.5, 0.6) is 11.5 Å². The van der Waals surface area contributed by atoms with E-state index in [2.05, 4.69) is 0 Å². The number of phenolic OH excluding ortho intramolecular Hbond substituents is 1. The molecular weight excluding hydrogens is 286 g/mol. The topological polar surface area (TPSA) is 89.7 Å². The summed E-state index contributed by atoms with van der Waals surface area (Å²) < 4.78 is 4.90. The number of ketones is 1. The zero-order valence-electron chi connectivity index (χ0n) is 12.4. The lowest BCUT2D eigenvalue weighted by molar-refractivity contribution is -0.386. The minimum atomic E-state index is -0.754. The maximum absolute atomic E-state index is 12.5. The van der Waals surface area contributed by atoms with Crippen LogP contribution in [0, 0.1) is 24.0 Å². The highest BCUT2D eigenvalue weighted by Crippen LogP contribution is 2.37. The first-order valence-corrected chi connectivity index (χ1v) is 6.52. The molecule has 0 aliphatic heterocycles. The van der Waals surface area contributed by atoms with E-state index in [9.17, 15) is 20.0 Å². The fourth-order valence-electron chi connectivity index (χ4n) is 2.29. The maximum Gasteiger partial charge on any atom is 0.315 e. The first-order valence-electron chi connectivity index (χ1n) is 6.52. The Bertz CT molecular complexity index is 747. The molecule has 2 aromatic rings. The number of nitro benzene ring substituents is 1. The van der Waals surface area contributed by atoms with Gasteiger partial charge in [0.1, 0.15) is 0 Å². The second-order valence-electron chi connectivity index (χ2n) is 5.01. The van der Waals surface area contributed by atoms with Crippen LogP contribution in [-0.4, -0.2) is 22.9 Å². The Hall–Kier alpha value is -2.89. The number of aromatic hydroxyl groups is 1. The number of aryl methyl sites for hydroxylation is 2. The summed E-state index contributed by atoms with van der Waals surface area (Å²) in [6.07, 6.45) is 0. The molecule has 1 N–H and O–H groups in total. The van der Waals surface area contributed by atoms with E-state index in [4.69, 9.17) is 4.74 Å². The number of carbonyl (C=O) groups excluding carboxylic acids is 1. The van der Waals surface area contributed by atoms with Gasteiger partial charge in [-0.25, -0.2) is 0 Å². The smallest absolute Gasteiger partial charge is 0.315 e. The molecule has 0 bridgehead atoms. The Kier molecular flexibility index (Phi) is 4.12. The molecule has 0 saturated heterocycles. The normalized spacial score (nSPS) is 10.3. The summed E-state index contributed by atoms with van der Waals surface area (Å²) in [6.45, 7) is 3.73. The van der Waals surface area contributed by atoms with Crippen molar-refractivity contribution in [2.24, 2.45) is 0 Å². The average Bonchev–Trinajstić information content (AvgIpc) is 2.45. The summed E-state index contributed by atoms with van der Waals surface area (Å²) in [6, 6.07) is 7.69. The maximum atomic E-state index is 12.5. The molecule has 0 aliphatic carbocycles. The number of rotatable bonds is 4. The highest BCUT2D eigenvalue weighted by Gasteiger charge is 2.23. The van der Waals surface area contributed by atoms with Crippen LogP contribution < -0.4 is 4.74 Å². The van der Waals surface area contributed by atoms with Crippen LogP contribution in [0.4, 0.5) is 5.69 Å². The standard InChI is InChI=1S/C16H15NO5/c1-9-4-10(2)6-11(5-9)15(18)12-7-13(17(20)21)16(19)14(8-12)22-3/h4-8,19H,1-3H3. The molecule has 2 aromatic carbocycles. The van der Waals surface area contributed by atoms with Gasteiger partial charge >= 0.3 is 5.69 Å². The van der Waals surface area contributed by atoms with E-state index < -0.39 is 16.4 Å². The van der Waals surface area contributed by atoms with Gasteiger partial charge in [-0.05, 0) is 32.0 Å². The number of nitro groups is 1. The van der Waals surface area contributed by atoms with Crippen LogP contribution >= 0.6 is 0 Å². The Morgan fingerprint density at radius 2 is 1.64 bits per heavy atom. The van der Waals surface area contributed by atoms with Gasteiger partial charge in [0.25, 0.3) is 0 Å².